The third kappa shape index (κ3) is 5.69. The second-order valence-corrected chi connectivity index (χ2v) is 11.6. The number of halogens is 4. The number of carbonyl (C=O) groups is 2. The highest BCUT2D eigenvalue weighted by atomic mass is 32.2. The van der Waals surface area contributed by atoms with Gasteiger partial charge in [0.2, 0.25) is 0 Å². The predicted octanol–water partition coefficient (Wildman–Crippen LogP) is 4.69. The number of rotatable bonds is 8. The summed E-state index contributed by atoms with van der Waals surface area (Å²) < 4.78 is 76.9. The zero-order chi connectivity index (χ0) is 27.9. The Morgan fingerprint density at radius 1 is 1.21 bits per heavy atom. The van der Waals surface area contributed by atoms with Crippen molar-refractivity contribution in [1.29, 1.82) is 0 Å². The van der Waals surface area contributed by atoms with Crippen molar-refractivity contribution in [3.05, 3.63) is 59.2 Å². The van der Waals surface area contributed by atoms with E-state index in [1.54, 1.807) is 11.0 Å². The van der Waals surface area contributed by atoms with E-state index in [1.807, 2.05) is 0 Å². The fraction of sp³-hybridized carbons (Fsp3) is 0.481. The van der Waals surface area contributed by atoms with Crippen LogP contribution in [0.15, 0.2) is 36.4 Å². The van der Waals surface area contributed by atoms with Crippen LogP contribution in [0.5, 0.6) is 0 Å². The van der Waals surface area contributed by atoms with Gasteiger partial charge in [0.1, 0.15) is 17.9 Å². The van der Waals surface area contributed by atoms with Crippen LogP contribution in [0.2, 0.25) is 0 Å². The van der Waals surface area contributed by atoms with Gasteiger partial charge in [-0.2, -0.15) is 0 Å². The summed E-state index contributed by atoms with van der Waals surface area (Å²) in [6.07, 6.45) is -0.111. The first kappa shape index (κ1) is 28.4. The Morgan fingerprint density at radius 3 is 2.50 bits per heavy atom. The summed E-state index contributed by atoms with van der Waals surface area (Å²) in [7, 11) is 0. The minimum Gasteiger partial charge on any atom is -0.598 e. The van der Waals surface area contributed by atoms with Crippen LogP contribution in [-0.4, -0.2) is 51.3 Å². The topological polar surface area (TPSA) is 81.7 Å². The van der Waals surface area contributed by atoms with Crippen LogP contribution in [0, 0.1) is 17.6 Å². The summed E-state index contributed by atoms with van der Waals surface area (Å²) in [5.74, 6) is -2.59. The molecule has 2 aromatic carbocycles. The summed E-state index contributed by atoms with van der Waals surface area (Å²) >= 11 is -1.43. The summed E-state index contributed by atoms with van der Waals surface area (Å²) in [6, 6.07) is 5.98. The maximum atomic E-state index is 15.8. The Labute approximate surface area is 222 Å². The summed E-state index contributed by atoms with van der Waals surface area (Å²) in [5, 5.41) is 0. The second-order valence-electron chi connectivity index (χ2n) is 10.4. The number of fused-ring (bicyclic) bond motifs is 2. The summed E-state index contributed by atoms with van der Waals surface area (Å²) in [4.78, 5) is 26.9. The average Bonchev–Trinajstić information content (AvgIpc) is 2.78. The molecule has 1 N–H and O–H groups in total. The van der Waals surface area contributed by atoms with Crippen LogP contribution in [0.1, 0.15) is 51.2 Å². The fourth-order valence-corrected chi connectivity index (χ4v) is 6.34. The molecule has 0 aromatic heterocycles. The summed E-state index contributed by atoms with van der Waals surface area (Å²) in [5.41, 5.74) is -1.92. The van der Waals surface area contributed by atoms with Crippen molar-refractivity contribution in [2.75, 3.05) is 6.26 Å². The Kier molecular flexibility index (Phi) is 8.11. The van der Waals surface area contributed by atoms with E-state index in [-0.39, 0.29) is 35.1 Å². The van der Waals surface area contributed by atoms with Crippen LogP contribution in [0.25, 0.3) is 11.1 Å². The molecule has 0 radical (unpaired) electrons. The molecule has 1 aliphatic carbocycles. The number of benzene rings is 2. The number of hydrogen-bond donors (Lipinski definition) is 1. The van der Waals surface area contributed by atoms with Gasteiger partial charge in [-0.15, -0.1) is 4.72 Å². The van der Waals surface area contributed by atoms with E-state index >= 15 is 4.39 Å². The number of amides is 1. The molecule has 2 aliphatic heterocycles. The number of piperidine rings is 2. The lowest BCUT2D eigenvalue weighted by Crippen LogP contribution is -2.72. The monoisotopic (exact) mass is 554 g/mol. The molecule has 2 bridgehead atoms. The molecule has 1 amide bonds. The van der Waals surface area contributed by atoms with Crippen LogP contribution in [0.4, 0.5) is 17.6 Å². The zero-order valence-corrected chi connectivity index (χ0v) is 22.3. The molecule has 3 atom stereocenters. The van der Waals surface area contributed by atoms with Gasteiger partial charge in [-0.1, -0.05) is 18.2 Å². The Morgan fingerprint density at radius 2 is 1.89 bits per heavy atom. The van der Waals surface area contributed by atoms with Crippen molar-refractivity contribution in [2.45, 2.75) is 70.2 Å². The number of esters is 1. The van der Waals surface area contributed by atoms with E-state index in [2.05, 4.69) is 4.72 Å². The van der Waals surface area contributed by atoms with Crippen molar-refractivity contribution in [2.24, 2.45) is 5.92 Å². The summed E-state index contributed by atoms with van der Waals surface area (Å²) in [6.45, 7) is 4.19. The molecule has 3 aliphatic rings. The van der Waals surface area contributed by atoms with E-state index < -0.39 is 64.5 Å². The lowest BCUT2D eigenvalue weighted by molar-refractivity contribution is -0.179. The molecule has 3 fully saturated rings. The van der Waals surface area contributed by atoms with Gasteiger partial charge in [0.25, 0.3) is 12.3 Å². The number of nitrogens with zero attached hydrogens (tertiary/aromatic N) is 1. The average molecular weight is 555 g/mol. The first-order valence-corrected chi connectivity index (χ1v) is 13.8. The second kappa shape index (κ2) is 10.9. The molecule has 6 nitrogen and oxygen atoms in total. The molecule has 11 heteroatoms. The third-order valence-corrected chi connectivity index (χ3v) is 7.87. The molecular weight excluding hydrogens is 524 g/mol. The standard InChI is InChI=1S/C27H30F4N2O4S/c1-14(34)37-27(2,3)26(35)33-20-11-17(12-20)24(32-38(4)36)22(33)13-15-6-5-7-21(23(15)29)16-8-18(25(30)31)10-19(28)9-16/h5-10,17,20,22,24-25,32H,11-13H2,1-4H3/t17?,20?,22-,24-,38?/m0/s1. The van der Waals surface area contributed by atoms with E-state index in [0.29, 0.717) is 18.9 Å². The van der Waals surface area contributed by atoms with E-state index in [0.717, 1.165) is 12.1 Å². The molecule has 206 valence electrons. The third-order valence-electron chi connectivity index (χ3n) is 7.26. The molecule has 2 saturated heterocycles. The lowest BCUT2D eigenvalue weighted by Gasteiger charge is -2.58. The van der Waals surface area contributed by atoms with Crippen LogP contribution >= 0.6 is 0 Å². The van der Waals surface area contributed by atoms with Crippen molar-refractivity contribution < 1.29 is 36.4 Å². The molecule has 1 unspecified atom stereocenters. The number of ether oxygens (including phenoxy) is 1. The fourth-order valence-electron chi connectivity index (χ4n) is 5.61. The van der Waals surface area contributed by atoms with Crippen molar-refractivity contribution in [3.63, 3.8) is 0 Å². The van der Waals surface area contributed by atoms with Crippen molar-refractivity contribution >= 4 is 23.2 Å². The highest BCUT2D eigenvalue weighted by Crippen LogP contribution is 2.45. The Balaban J connectivity index is 1.73. The number of carbonyl (C=O) groups excluding carboxylic acids is 2. The van der Waals surface area contributed by atoms with E-state index in [1.165, 1.54) is 39.2 Å². The molecule has 0 spiro atoms. The Bertz CT molecular complexity index is 1220. The van der Waals surface area contributed by atoms with Crippen molar-refractivity contribution in [1.82, 2.24) is 9.62 Å². The molecular formula is C27H30F4N2O4S. The Hall–Kier alpha value is -2.63. The highest BCUT2D eigenvalue weighted by Gasteiger charge is 2.56. The molecule has 2 heterocycles. The van der Waals surface area contributed by atoms with E-state index in [4.69, 9.17) is 4.74 Å². The van der Waals surface area contributed by atoms with Crippen molar-refractivity contribution in [3.8, 4) is 11.1 Å². The lowest BCUT2D eigenvalue weighted by atomic mass is 9.66. The predicted molar refractivity (Wildman–Crippen MR) is 134 cm³/mol. The van der Waals surface area contributed by atoms with E-state index in [9.17, 15) is 27.3 Å². The first-order chi connectivity index (χ1) is 17.8. The molecule has 5 rings (SSSR count). The normalized spacial score (nSPS) is 23.7. The smallest absolute Gasteiger partial charge is 0.303 e. The van der Waals surface area contributed by atoms with Gasteiger partial charge in [-0.25, -0.2) is 17.6 Å². The van der Waals surface area contributed by atoms with Gasteiger partial charge in [0.05, 0.1) is 12.1 Å². The molecule has 38 heavy (non-hydrogen) atoms. The highest BCUT2D eigenvalue weighted by molar-refractivity contribution is 7.88. The zero-order valence-electron chi connectivity index (χ0n) is 21.5. The van der Waals surface area contributed by atoms with Gasteiger partial charge in [-0.05, 0) is 68.4 Å². The van der Waals surface area contributed by atoms with Gasteiger partial charge in [0, 0.05) is 35.5 Å². The SMILES string of the molecule is CC(=O)OC(C)(C)C(=O)N1C2CC(C2)[C@H](N[S+](C)[O-])[C@@H]1Cc1cccc(-c2cc(F)cc(C(F)F)c2)c1F. The minimum atomic E-state index is -2.92. The largest absolute Gasteiger partial charge is 0.598 e. The van der Waals surface area contributed by atoms with Crippen LogP contribution in [-0.2, 0) is 32.1 Å². The van der Waals surface area contributed by atoms with Gasteiger partial charge < -0.3 is 14.2 Å². The number of nitrogens with one attached hydrogen (secondary N) is 1. The van der Waals surface area contributed by atoms with Gasteiger partial charge in [0.15, 0.2) is 5.60 Å². The first-order valence-electron chi connectivity index (χ1n) is 12.3. The maximum Gasteiger partial charge on any atom is 0.303 e. The minimum absolute atomic E-state index is 0.0143. The quantitative estimate of drug-likeness (QED) is 0.291. The molecule has 2 aromatic rings. The number of alkyl halides is 2. The number of hydrogen-bond acceptors (Lipinski definition) is 5. The molecule has 1 saturated carbocycles. The van der Waals surface area contributed by atoms with Crippen LogP contribution < -0.4 is 4.72 Å². The van der Waals surface area contributed by atoms with Gasteiger partial charge >= 0.3 is 5.97 Å². The van der Waals surface area contributed by atoms with Gasteiger partial charge in [-0.3, -0.25) is 9.59 Å². The maximum absolute atomic E-state index is 15.8. The van der Waals surface area contributed by atoms with Crippen LogP contribution in [0.3, 0.4) is 0 Å².